The van der Waals surface area contributed by atoms with Crippen LogP contribution in [-0.2, 0) is 14.3 Å². The molecule has 1 fully saturated rings. The summed E-state index contributed by atoms with van der Waals surface area (Å²) in [5, 5.41) is 9.79. The molecule has 1 amide bonds. The summed E-state index contributed by atoms with van der Waals surface area (Å²) in [7, 11) is 0. The van der Waals surface area contributed by atoms with Crippen molar-refractivity contribution in [1.82, 2.24) is 10.6 Å². The van der Waals surface area contributed by atoms with Crippen molar-refractivity contribution < 1.29 is 14.3 Å². The highest BCUT2D eigenvalue weighted by atomic mass is 32.1. The van der Waals surface area contributed by atoms with Crippen LogP contribution in [0.5, 0.6) is 0 Å². The molecule has 1 aliphatic heterocycles. The van der Waals surface area contributed by atoms with E-state index in [2.05, 4.69) is 10.6 Å². The van der Waals surface area contributed by atoms with E-state index in [9.17, 15) is 9.59 Å². The quantitative estimate of drug-likeness (QED) is 0.835. The summed E-state index contributed by atoms with van der Waals surface area (Å²) in [4.78, 5) is 24.8. The van der Waals surface area contributed by atoms with E-state index in [1.54, 1.807) is 0 Å². The molecule has 0 aliphatic carbocycles. The normalized spacial score (nSPS) is 20.2. The monoisotopic (exact) mass is 324 g/mol. The van der Waals surface area contributed by atoms with Crippen molar-refractivity contribution >= 4 is 23.2 Å². The first kappa shape index (κ1) is 17.0. The van der Waals surface area contributed by atoms with Crippen LogP contribution >= 0.6 is 11.3 Å². The highest BCUT2D eigenvalue weighted by Gasteiger charge is 2.31. The standard InChI is InChI=1S/C16H24N2O3S/c1-16(2,3)21-15(20)13(11-7-9-22-10-11)18-14(19)12-6-4-5-8-17-12/h7,9-10,12-13,17H,4-6,8H2,1-3H3,(H,18,19)/t12-,13-/m0/s1. The third-order valence-corrected chi connectivity index (χ3v) is 4.13. The number of esters is 1. The van der Waals surface area contributed by atoms with Crippen LogP contribution in [0.3, 0.4) is 0 Å². The minimum atomic E-state index is -0.748. The summed E-state index contributed by atoms with van der Waals surface area (Å²) in [5.74, 6) is -0.559. The molecule has 22 heavy (non-hydrogen) atoms. The van der Waals surface area contributed by atoms with Crippen LogP contribution in [-0.4, -0.2) is 30.1 Å². The third-order valence-electron chi connectivity index (χ3n) is 3.43. The number of ether oxygens (including phenoxy) is 1. The van der Waals surface area contributed by atoms with Crippen molar-refractivity contribution in [2.45, 2.75) is 57.7 Å². The van der Waals surface area contributed by atoms with Crippen molar-refractivity contribution in [2.24, 2.45) is 0 Å². The van der Waals surface area contributed by atoms with Gasteiger partial charge < -0.3 is 15.4 Å². The number of hydrogen-bond acceptors (Lipinski definition) is 5. The predicted molar refractivity (Wildman–Crippen MR) is 86.7 cm³/mol. The molecular formula is C16H24N2O3S. The van der Waals surface area contributed by atoms with E-state index in [0.717, 1.165) is 31.4 Å². The van der Waals surface area contributed by atoms with Gasteiger partial charge in [0.25, 0.3) is 0 Å². The van der Waals surface area contributed by atoms with E-state index in [-0.39, 0.29) is 11.9 Å². The Morgan fingerprint density at radius 2 is 2.18 bits per heavy atom. The maximum Gasteiger partial charge on any atom is 0.333 e. The number of carbonyl (C=O) groups is 2. The Morgan fingerprint density at radius 1 is 1.41 bits per heavy atom. The van der Waals surface area contributed by atoms with Crippen molar-refractivity contribution in [3.05, 3.63) is 22.4 Å². The van der Waals surface area contributed by atoms with Crippen molar-refractivity contribution in [3.8, 4) is 0 Å². The number of nitrogens with one attached hydrogen (secondary N) is 2. The Kier molecular flexibility index (Phi) is 5.58. The molecule has 1 saturated heterocycles. The Bertz CT molecular complexity index is 502. The zero-order chi connectivity index (χ0) is 16.2. The van der Waals surface area contributed by atoms with Gasteiger partial charge in [-0.15, -0.1) is 0 Å². The molecule has 0 aromatic carbocycles. The predicted octanol–water partition coefficient (Wildman–Crippen LogP) is 2.39. The van der Waals surface area contributed by atoms with Crippen LogP contribution in [0.25, 0.3) is 0 Å². The van der Waals surface area contributed by atoms with Gasteiger partial charge in [0, 0.05) is 0 Å². The smallest absolute Gasteiger partial charge is 0.333 e. The highest BCUT2D eigenvalue weighted by Crippen LogP contribution is 2.21. The average Bonchev–Trinajstić information content (AvgIpc) is 2.97. The minimum Gasteiger partial charge on any atom is -0.458 e. The minimum absolute atomic E-state index is 0.137. The van der Waals surface area contributed by atoms with Gasteiger partial charge in [-0.1, -0.05) is 6.42 Å². The van der Waals surface area contributed by atoms with Gasteiger partial charge in [-0.3, -0.25) is 4.79 Å². The van der Waals surface area contributed by atoms with E-state index in [0.29, 0.717) is 0 Å². The van der Waals surface area contributed by atoms with Crippen LogP contribution in [0.2, 0.25) is 0 Å². The molecule has 0 radical (unpaired) electrons. The molecule has 1 aromatic heterocycles. The Balaban J connectivity index is 2.08. The van der Waals surface area contributed by atoms with Crippen LogP contribution in [0.4, 0.5) is 0 Å². The number of thiophene rings is 1. The second-order valence-corrected chi connectivity index (χ2v) is 7.31. The van der Waals surface area contributed by atoms with Gasteiger partial charge >= 0.3 is 5.97 Å². The fourth-order valence-electron chi connectivity index (χ4n) is 2.40. The molecule has 1 aliphatic rings. The van der Waals surface area contributed by atoms with Crippen molar-refractivity contribution in [2.75, 3.05) is 6.54 Å². The van der Waals surface area contributed by atoms with Crippen LogP contribution in [0.15, 0.2) is 16.8 Å². The molecule has 2 rings (SSSR count). The number of carbonyl (C=O) groups excluding carboxylic acids is 2. The van der Waals surface area contributed by atoms with E-state index < -0.39 is 17.6 Å². The molecule has 5 nitrogen and oxygen atoms in total. The van der Waals surface area contributed by atoms with Gasteiger partial charge in [0.15, 0.2) is 6.04 Å². The maximum absolute atomic E-state index is 12.4. The zero-order valence-electron chi connectivity index (χ0n) is 13.3. The maximum atomic E-state index is 12.4. The van der Waals surface area contributed by atoms with Gasteiger partial charge in [-0.2, -0.15) is 11.3 Å². The highest BCUT2D eigenvalue weighted by molar-refractivity contribution is 7.08. The number of rotatable bonds is 4. The topological polar surface area (TPSA) is 67.4 Å². The third kappa shape index (κ3) is 4.81. The molecule has 0 saturated carbocycles. The molecule has 2 heterocycles. The van der Waals surface area contributed by atoms with E-state index in [1.165, 1.54) is 11.3 Å². The lowest BCUT2D eigenvalue weighted by molar-refractivity contribution is -0.159. The fraction of sp³-hybridized carbons (Fsp3) is 0.625. The molecule has 1 aromatic rings. The van der Waals surface area contributed by atoms with Gasteiger partial charge in [0.05, 0.1) is 6.04 Å². The Morgan fingerprint density at radius 3 is 2.73 bits per heavy atom. The van der Waals surface area contributed by atoms with Crippen LogP contribution in [0.1, 0.15) is 51.6 Å². The summed E-state index contributed by atoms with van der Waals surface area (Å²) < 4.78 is 5.44. The van der Waals surface area contributed by atoms with E-state index >= 15 is 0 Å². The molecule has 0 bridgehead atoms. The van der Waals surface area contributed by atoms with E-state index in [4.69, 9.17) is 4.74 Å². The van der Waals surface area contributed by atoms with Gasteiger partial charge in [0.2, 0.25) is 5.91 Å². The van der Waals surface area contributed by atoms with Crippen LogP contribution in [0, 0.1) is 0 Å². The van der Waals surface area contributed by atoms with Crippen molar-refractivity contribution in [3.63, 3.8) is 0 Å². The lowest BCUT2D eigenvalue weighted by atomic mass is 10.0. The lowest BCUT2D eigenvalue weighted by Gasteiger charge is -2.27. The zero-order valence-corrected chi connectivity index (χ0v) is 14.2. The lowest BCUT2D eigenvalue weighted by Crippen LogP contribution is -2.49. The number of piperidine rings is 1. The first-order valence-corrected chi connectivity index (χ1v) is 8.60. The molecule has 6 heteroatoms. The molecular weight excluding hydrogens is 300 g/mol. The Hall–Kier alpha value is -1.40. The molecule has 2 atom stereocenters. The summed E-state index contributed by atoms with van der Waals surface area (Å²) >= 11 is 1.49. The first-order chi connectivity index (χ1) is 10.4. The van der Waals surface area contributed by atoms with Crippen molar-refractivity contribution in [1.29, 1.82) is 0 Å². The molecule has 0 spiro atoms. The van der Waals surface area contributed by atoms with E-state index in [1.807, 2.05) is 37.6 Å². The molecule has 0 unspecified atom stereocenters. The summed E-state index contributed by atoms with van der Waals surface area (Å²) in [6, 6.07) is 0.868. The fourth-order valence-corrected chi connectivity index (χ4v) is 3.08. The Labute approximate surface area is 135 Å². The van der Waals surface area contributed by atoms with Gasteiger partial charge in [-0.25, -0.2) is 4.79 Å². The van der Waals surface area contributed by atoms with Gasteiger partial charge in [-0.05, 0) is 62.5 Å². The largest absolute Gasteiger partial charge is 0.458 e. The second-order valence-electron chi connectivity index (χ2n) is 6.53. The number of amides is 1. The molecule has 2 N–H and O–H groups in total. The summed E-state index contributed by atoms with van der Waals surface area (Å²) in [5.41, 5.74) is 0.183. The second kappa shape index (κ2) is 7.24. The average molecular weight is 324 g/mol. The van der Waals surface area contributed by atoms with Crippen LogP contribution < -0.4 is 10.6 Å². The molecule has 122 valence electrons. The summed E-state index contributed by atoms with van der Waals surface area (Å²) in [6.45, 7) is 6.30. The van der Waals surface area contributed by atoms with Gasteiger partial charge in [0.1, 0.15) is 5.60 Å². The SMILES string of the molecule is CC(C)(C)OC(=O)[C@@H](NC(=O)[C@@H]1CCCCN1)c1ccsc1. The number of hydrogen-bond donors (Lipinski definition) is 2. The first-order valence-electron chi connectivity index (χ1n) is 7.65. The summed E-state index contributed by atoms with van der Waals surface area (Å²) in [6.07, 6.45) is 2.92.